The average Bonchev–Trinajstić information content (AvgIpc) is 3.18. The number of carbonyl (C=O) groups is 2. The molecule has 0 saturated heterocycles. The number of carbonyl (C=O) groups excluding carboxylic acids is 2. The second kappa shape index (κ2) is 5.68. The maximum Gasteiger partial charge on any atom is 0.323 e. The van der Waals surface area contributed by atoms with Crippen LogP contribution in [0, 0.1) is 0 Å². The molecular weight excluding hydrogens is 410 g/mol. The smallest absolute Gasteiger partial charge is 0.323 e. The third-order valence-electron chi connectivity index (χ3n) is 5.45. The van der Waals surface area contributed by atoms with Gasteiger partial charge in [0, 0.05) is 33.0 Å². The summed E-state index contributed by atoms with van der Waals surface area (Å²) in [7, 11) is 1.36. The monoisotopic (exact) mass is 425 g/mol. The Bertz CT molecular complexity index is 1120. The Balaban J connectivity index is 1.84. The van der Waals surface area contributed by atoms with Crippen LogP contribution in [0.4, 0.5) is 5.69 Å². The number of benzene rings is 2. The van der Waals surface area contributed by atoms with E-state index in [-0.39, 0.29) is 11.9 Å². The zero-order valence-electron chi connectivity index (χ0n) is 14.4. The molecule has 1 amide bonds. The minimum atomic E-state index is -1.18. The first-order valence-electron chi connectivity index (χ1n) is 8.61. The summed E-state index contributed by atoms with van der Waals surface area (Å²) in [5.41, 5.74) is 3.00. The molecule has 136 valence electrons. The molecule has 3 heterocycles. The number of aromatic amines is 1. The van der Waals surface area contributed by atoms with Crippen LogP contribution in [0.3, 0.4) is 0 Å². The molecule has 0 fully saturated rings. The van der Waals surface area contributed by atoms with Crippen molar-refractivity contribution in [3.8, 4) is 0 Å². The molecule has 0 unspecified atom stereocenters. The molecule has 0 bridgehead atoms. The van der Waals surface area contributed by atoms with Crippen LogP contribution in [0.2, 0.25) is 0 Å². The van der Waals surface area contributed by atoms with Gasteiger partial charge in [-0.1, -0.05) is 34.1 Å². The van der Waals surface area contributed by atoms with Gasteiger partial charge >= 0.3 is 5.97 Å². The summed E-state index contributed by atoms with van der Waals surface area (Å²) < 4.78 is 5.85. The molecule has 0 saturated carbocycles. The second-order valence-electron chi connectivity index (χ2n) is 6.84. The van der Waals surface area contributed by atoms with Gasteiger partial charge in [-0.15, -0.1) is 0 Å². The molecule has 0 aliphatic carbocycles. The van der Waals surface area contributed by atoms with E-state index in [9.17, 15) is 9.59 Å². The van der Waals surface area contributed by atoms with E-state index < -0.39 is 11.6 Å². The molecule has 2 aliphatic rings. The highest BCUT2D eigenvalue weighted by molar-refractivity contribution is 9.10. The Morgan fingerprint density at radius 3 is 2.89 bits per heavy atom. The van der Waals surface area contributed by atoms with Crippen LogP contribution in [0.15, 0.2) is 46.9 Å². The average molecular weight is 426 g/mol. The van der Waals surface area contributed by atoms with Gasteiger partial charge in [0.2, 0.25) is 0 Å². The van der Waals surface area contributed by atoms with Gasteiger partial charge in [0.05, 0.1) is 12.8 Å². The molecule has 2 aromatic carbocycles. The predicted octanol–water partition coefficient (Wildman–Crippen LogP) is 2.81. The van der Waals surface area contributed by atoms with Crippen molar-refractivity contribution in [1.29, 1.82) is 0 Å². The molecule has 2 atom stereocenters. The van der Waals surface area contributed by atoms with Crippen LogP contribution in [0.25, 0.3) is 10.9 Å². The fourth-order valence-electron chi connectivity index (χ4n) is 4.27. The molecule has 2 aliphatic heterocycles. The van der Waals surface area contributed by atoms with E-state index in [1.165, 1.54) is 7.11 Å². The van der Waals surface area contributed by atoms with Gasteiger partial charge in [-0.3, -0.25) is 14.9 Å². The number of nitrogens with one attached hydrogen (secondary N) is 3. The number of hydrogen-bond acceptors (Lipinski definition) is 4. The largest absolute Gasteiger partial charge is 0.468 e. The first kappa shape index (κ1) is 16.5. The minimum absolute atomic E-state index is 0.211. The fraction of sp³-hybridized carbons (Fsp3) is 0.200. The number of rotatable bonds is 1. The van der Waals surface area contributed by atoms with Crippen LogP contribution in [0.1, 0.15) is 16.8 Å². The van der Waals surface area contributed by atoms with E-state index in [0.29, 0.717) is 6.42 Å². The van der Waals surface area contributed by atoms with Crippen molar-refractivity contribution in [2.45, 2.75) is 18.0 Å². The Kier molecular flexibility index (Phi) is 3.47. The summed E-state index contributed by atoms with van der Waals surface area (Å²) >= 11 is 3.50. The van der Waals surface area contributed by atoms with Crippen LogP contribution >= 0.6 is 15.9 Å². The summed E-state index contributed by atoms with van der Waals surface area (Å²) in [5, 5.41) is 7.26. The van der Waals surface area contributed by atoms with Crippen molar-refractivity contribution in [1.82, 2.24) is 10.3 Å². The zero-order valence-corrected chi connectivity index (χ0v) is 16.0. The highest BCUT2D eigenvalue weighted by Gasteiger charge is 2.55. The van der Waals surface area contributed by atoms with E-state index in [0.717, 1.165) is 37.9 Å². The van der Waals surface area contributed by atoms with Crippen molar-refractivity contribution in [3.63, 3.8) is 0 Å². The quantitative estimate of drug-likeness (QED) is 0.523. The van der Waals surface area contributed by atoms with Crippen molar-refractivity contribution in [3.05, 3.63) is 63.8 Å². The second-order valence-corrected chi connectivity index (χ2v) is 7.76. The predicted molar refractivity (Wildman–Crippen MR) is 104 cm³/mol. The lowest BCUT2D eigenvalue weighted by molar-refractivity contribution is -0.144. The highest BCUT2D eigenvalue weighted by Crippen LogP contribution is 2.47. The number of hydrogen-bond donors (Lipinski definition) is 3. The normalized spacial score (nSPS) is 23.2. The van der Waals surface area contributed by atoms with E-state index >= 15 is 0 Å². The Morgan fingerprint density at radius 2 is 2.07 bits per heavy atom. The first-order valence-corrected chi connectivity index (χ1v) is 9.41. The molecule has 27 heavy (non-hydrogen) atoms. The van der Waals surface area contributed by atoms with E-state index in [1.807, 2.05) is 42.5 Å². The lowest BCUT2D eigenvalue weighted by atomic mass is 9.79. The Hall–Kier alpha value is -2.64. The first-order chi connectivity index (χ1) is 13.0. The van der Waals surface area contributed by atoms with Gasteiger partial charge in [0.1, 0.15) is 6.04 Å². The molecule has 3 aromatic rings. The number of para-hydroxylation sites is 1. The van der Waals surface area contributed by atoms with E-state index in [4.69, 9.17) is 4.74 Å². The fourth-order valence-corrected chi connectivity index (χ4v) is 4.63. The number of aromatic nitrogens is 1. The van der Waals surface area contributed by atoms with Gasteiger partial charge in [-0.05, 0) is 29.8 Å². The standard InChI is InChI=1S/C20H16BrN3O3/c1-27-18(25)16-9-12-11-4-2-3-5-14(11)22-17(12)20(24-16)13-8-10(21)6-7-15(13)23-19(20)26/h2-8,16,22,24H,9H2,1H3,(H,23,26)/t16-,20-/m1/s1. The minimum Gasteiger partial charge on any atom is -0.468 e. The zero-order chi connectivity index (χ0) is 18.8. The summed E-state index contributed by atoms with van der Waals surface area (Å²) in [6.45, 7) is 0. The highest BCUT2D eigenvalue weighted by atomic mass is 79.9. The lowest BCUT2D eigenvalue weighted by Gasteiger charge is -2.37. The molecule has 1 aromatic heterocycles. The van der Waals surface area contributed by atoms with Gasteiger partial charge in [-0.25, -0.2) is 0 Å². The molecule has 0 radical (unpaired) electrons. The van der Waals surface area contributed by atoms with Gasteiger partial charge < -0.3 is 15.0 Å². The van der Waals surface area contributed by atoms with Crippen LogP contribution in [-0.4, -0.2) is 30.0 Å². The molecule has 1 spiro atoms. The van der Waals surface area contributed by atoms with Crippen molar-refractivity contribution in [2.75, 3.05) is 12.4 Å². The number of ether oxygens (including phenoxy) is 1. The van der Waals surface area contributed by atoms with E-state index in [1.54, 1.807) is 0 Å². The number of anilines is 1. The SMILES string of the molecule is COC(=O)[C@H]1Cc2c([nH]c3ccccc23)[C@@]2(N1)C(=O)Nc1ccc(Br)cc12. The van der Waals surface area contributed by atoms with Crippen LogP contribution in [-0.2, 0) is 26.3 Å². The number of methoxy groups -OCH3 is 1. The summed E-state index contributed by atoms with van der Waals surface area (Å²) in [5.74, 6) is -0.599. The lowest BCUT2D eigenvalue weighted by Crippen LogP contribution is -2.59. The number of fused-ring (bicyclic) bond motifs is 6. The van der Waals surface area contributed by atoms with Gasteiger partial charge in [0.15, 0.2) is 5.54 Å². The Morgan fingerprint density at radius 1 is 1.26 bits per heavy atom. The molecule has 6 nitrogen and oxygen atoms in total. The van der Waals surface area contributed by atoms with E-state index in [2.05, 4.69) is 31.5 Å². The Labute approximate surface area is 163 Å². The topological polar surface area (TPSA) is 83.2 Å². The van der Waals surface area contributed by atoms with Crippen LogP contribution in [0.5, 0.6) is 0 Å². The third kappa shape index (κ3) is 2.15. The summed E-state index contributed by atoms with van der Waals surface area (Å²) in [6, 6.07) is 12.9. The number of H-pyrrole nitrogens is 1. The van der Waals surface area contributed by atoms with Gasteiger partial charge in [0.25, 0.3) is 5.91 Å². The summed E-state index contributed by atoms with van der Waals surface area (Å²) in [6.07, 6.45) is 0.449. The molecule has 3 N–H and O–H groups in total. The molecule has 7 heteroatoms. The van der Waals surface area contributed by atoms with Gasteiger partial charge in [-0.2, -0.15) is 0 Å². The maximum atomic E-state index is 13.3. The summed E-state index contributed by atoms with van der Waals surface area (Å²) in [4.78, 5) is 29.1. The van der Waals surface area contributed by atoms with Crippen LogP contribution < -0.4 is 10.6 Å². The third-order valence-corrected chi connectivity index (χ3v) is 5.94. The molecular formula is C20H16BrN3O3. The number of amides is 1. The maximum absolute atomic E-state index is 13.3. The number of halogens is 1. The molecule has 5 rings (SSSR count). The number of esters is 1. The van der Waals surface area contributed by atoms with Crippen molar-refractivity contribution in [2.24, 2.45) is 0 Å². The van der Waals surface area contributed by atoms with Crippen molar-refractivity contribution < 1.29 is 14.3 Å². The van der Waals surface area contributed by atoms with Crippen molar-refractivity contribution >= 4 is 44.4 Å².